The van der Waals surface area contributed by atoms with Crippen molar-refractivity contribution in [3.05, 3.63) is 25.3 Å². The summed E-state index contributed by atoms with van der Waals surface area (Å²) in [6.45, 7) is 9.86. The zero-order valence-corrected chi connectivity index (χ0v) is 10.3. The molecule has 0 aromatic rings. The smallest absolute Gasteiger partial charge is 0.218 e. The van der Waals surface area contributed by atoms with Crippen molar-refractivity contribution in [1.29, 1.82) is 0 Å². The Balaban J connectivity index is 4.76. The van der Waals surface area contributed by atoms with Gasteiger partial charge < -0.3 is 5.32 Å². The van der Waals surface area contributed by atoms with Crippen LogP contribution >= 0.6 is 0 Å². The molecule has 0 spiro atoms. The van der Waals surface area contributed by atoms with Gasteiger partial charge in [-0.25, -0.2) is 8.42 Å². The molecule has 5 heteroatoms. The van der Waals surface area contributed by atoms with Crippen LogP contribution in [-0.2, 0) is 10.0 Å². The van der Waals surface area contributed by atoms with E-state index in [1.807, 2.05) is 0 Å². The standard InChI is InChI=1S/C10H20N2O2S/c1-5-7-12(8-6-2)15(13,14)10(3)9-11-4/h5-6,10-11H,1-2,7-9H2,3-4H3. The van der Waals surface area contributed by atoms with E-state index in [1.165, 1.54) is 4.31 Å². The molecule has 0 aromatic heterocycles. The molecule has 0 aromatic carbocycles. The molecule has 0 aliphatic heterocycles. The summed E-state index contributed by atoms with van der Waals surface area (Å²) in [5.74, 6) is 0. The average Bonchev–Trinajstić information content (AvgIpc) is 2.18. The normalized spacial score (nSPS) is 13.8. The fourth-order valence-electron chi connectivity index (χ4n) is 1.22. The van der Waals surface area contributed by atoms with Crippen LogP contribution in [0.4, 0.5) is 0 Å². The lowest BCUT2D eigenvalue weighted by atomic mass is 10.5. The van der Waals surface area contributed by atoms with Crippen molar-refractivity contribution >= 4 is 10.0 Å². The van der Waals surface area contributed by atoms with Crippen LogP contribution in [0, 0.1) is 0 Å². The molecule has 0 saturated heterocycles. The van der Waals surface area contributed by atoms with Gasteiger partial charge in [0, 0.05) is 19.6 Å². The number of hydrogen-bond donors (Lipinski definition) is 1. The summed E-state index contributed by atoms with van der Waals surface area (Å²) in [4.78, 5) is 0. The van der Waals surface area contributed by atoms with Gasteiger partial charge in [-0.3, -0.25) is 0 Å². The first-order valence-electron chi connectivity index (χ1n) is 4.86. The van der Waals surface area contributed by atoms with E-state index < -0.39 is 15.3 Å². The highest BCUT2D eigenvalue weighted by Crippen LogP contribution is 2.08. The SMILES string of the molecule is C=CCN(CC=C)S(=O)(=O)C(C)CNC. The molecular formula is C10H20N2O2S. The predicted octanol–water partition coefficient (Wildman–Crippen LogP) is 0.598. The maximum absolute atomic E-state index is 12.0. The van der Waals surface area contributed by atoms with E-state index in [-0.39, 0.29) is 0 Å². The second-order valence-corrected chi connectivity index (χ2v) is 5.66. The molecule has 0 rings (SSSR count). The van der Waals surface area contributed by atoms with Crippen LogP contribution in [0.15, 0.2) is 25.3 Å². The van der Waals surface area contributed by atoms with Crippen LogP contribution < -0.4 is 5.32 Å². The van der Waals surface area contributed by atoms with Crippen molar-refractivity contribution in [2.24, 2.45) is 0 Å². The molecule has 88 valence electrons. The van der Waals surface area contributed by atoms with E-state index in [2.05, 4.69) is 18.5 Å². The van der Waals surface area contributed by atoms with Gasteiger partial charge >= 0.3 is 0 Å². The third-order valence-corrected chi connectivity index (χ3v) is 4.23. The van der Waals surface area contributed by atoms with E-state index in [0.717, 1.165) is 0 Å². The monoisotopic (exact) mass is 232 g/mol. The maximum atomic E-state index is 12.0. The Hall–Kier alpha value is -0.650. The second-order valence-electron chi connectivity index (χ2n) is 3.31. The summed E-state index contributed by atoms with van der Waals surface area (Å²) in [6, 6.07) is 0. The third-order valence-electron chi connectivity index (χ3n) is 2.03. The Morgan fingerprint density at radius 3 is 2.13 bits per heavy atom. The number of nitrogens with zero attached hydrogens (tertiary/aromatic N) is 1. The molecule has 0 bridgehead atoms. The Morgan fingerprint density at radius 2 is 1.80 bits per heavy atom. The molecule has 0 fully saturated rings. The highest BCUT2D eigenvalue weighted by molar-refractivity contribution is 7.89. The summed E-state index contributed by atoms with van der Waals surface area (Å²) < 4.78 is 25.4. The summed E-state index contributed by atoms with van der Waals surface area (Å²) in [5.41, 5.74) is 0. The van der Waals surface area contributed by atoms with Crippen LogP contribution in [0.25, 0.3) is 0 Å². The quantitative estimate of drug-likeness (QED) is 0.623. The van der Waals surface area contributed by atoms with E-state index in [0.29, 0.717) is 19.6 Å². The van der Waals surface area contributed by atoms with E-state index in [1.54, 1.807) is 26.1 Å². The summed E-state index contributed by atoms with van der Waals surface area (Å²) in [5, 5.41) is 2.41. The van der Waals surface area contributed by atoms with Crippen molar-refractivity contribution in [3.63, 3.8) is 0 Å². The van der Waals surface area contributed by atoms with Gasteiger partial charge in [0.05, 0.1) is 5.25 Å². The molecule has 0 radical (unpaired) electrons. The van der Waals surface area contributed by atoms with Gasteiger partial charge in [-0.2, -0.15) is 4.31 Å². The minimum atomic E-state index is -3.26. The van der Waals surface area contributed by atoms with Crippen LogP contribution in [0.2, 0.25) is 0 Å². The van der Waals surface area contributed by atoms with E-state index in [9.17, 15) is 8.42 Å². The van der Waals surface area contributed by atoms with Crippen LogP contribution in [0.5, 0.6) is 0 Å². The lowest BCUT2D eigenvalue weighted by Crippen LogP contribution is -2.41. The molecule has 0 amide bonds. The minimum Gasteiger partial charge on any atom is -0.318 e. The van der Waals surface area contributed by atoms with Gasteiger partial charge in [-0.15, -0.1) is 13.2 Å². The molecule has 0 aliphatic rings. The third kappa shape index (κ3) is 4.15. The van der Waals surface area contributed by atoms with Gasteiger partial charge in [0.2, 0.25) is 10.0 Å². The zero-order chi connectivity index (χ0) is 11.9. The second kappa shape index (κ2) is 6.76. The summed E-state index contributed by atoms with van der Waals surface area (Å²) >= 11 is 0. The number of sulfonamides is 1. The molecule has 1 unspecified atom stereocenters. The first kappa shape index (κ1) is 14.3. The van der Waals surface area contributed by atoms with E-state index in [4.69, 9.17) is 0 Å². The van der Waals surface area contributed by atoms with E-state index >= 15 is 0 Å². The first-order valence-corrected chi connectivity index (χ1v) is 6.36. The van der Waals surface area contributed by atoms with Crippen molar-refractivity contribution < 1.29 is 8.42 Å². The van der Waals surface area contributed by atoms with Gasteiger partial charge in [0.15, 0.2) is 0 Å². The molecule has 0 aliphatic carbocycles. The summed E-state index contributed by atoms with van der Waals surface area (Å²) in [7, 11) is -1.53. The highest BCUT2D eigenvalue weighted by atomic mass is 32.2. The number of hydrogen-bond acceptors (Lipinski definition) is 3. The molecule has 4 nitrogen and oxygen atoms in total. The van der Waals surface area contributed by atoms with Gasteiger partial charge in [-0.05, 0) is 14.0 Å². The number of rotatable bonds is 8. The van der Waals surface area contributed by atoms with Crippen molar-refractivity contribution in [3.8, 4) is 0 Å². The molecular weight excluding hydrogens is 212 g/mol. The van der Waals surface area contributed by atoms with Gasteiger partial charge in [0.1, 0.15) is 0 Å². The number of nitrogens with one attached hydrogen (secondary N) is 1. The van der Waals surface area contributed by atoms with Crippen molar-refractivity contribution in [2.45, 2.75) is 12.2 Å². The zero-order valence-electron chi connectivity index (χ0n) is 9.44. The fourth-order valence-corrected chi connectivity index (χ4v) is 2.73. The van der Waals surface area contributed by atoms with Gasteiger partial charge in [-0.1, -0.05) is 12.2 Å². The molecule has 0 saturated carbocycles. The van der Waals surface area contributed by atoms with Crippen LogP contribution in [0.1, 0.15) is 6.92 Å². The topological polar surface area (TPSA) is 49.4 Å². The molecule has 15 heavy (non-hydrogen) atoms. The average molecular weight is 232 g/mol. The Labute approximate surface area is 92.7 Å². The Morgan fingerprint density at radius 1 is 1.33 bits per heavy atom. The Bertz CT molecular complexity index is 289. The predicted molar refractivity (Wildman–Crippen MR) is 64.3 cm³/mol. The lowest BCUT2D eigenvalue weighted by Gasteiger charge is -2.23. The molecule has 0 heterocycles. The lowest BCUT2D eigenvalue weighted by molar-refractivity contribution is 0.462. The highest BCUT2D eigenvalue weighted by Gasteiger charge is 2.26. The van der Waals surface area contributed by atoms with Crippen LogP contribution in [-0.4, -0.2) is 44.7 Å². The maximum Gasteiger partial charge on any atom is 0.218 e. The van der Waals surface area contributed by atoms with Crippen LogP contribution in [0.3, 0.4) is 0 Å². The Kier molecular flexibility index (Phi) is 6.47. The fraction of sp³-hybridized carbons (Fsp3) is 0.600. The summed E-state index contributed by atoms with van der Waals surface area (Å²) in [6.07, 6.45) is 3.15. The largest absolute Gasteiger partial charge is 0.318 e. The minimum absolute atomic E-state index is 0.322. The van der Waals surface area contributed by atoms with Crippen molar-refractivity contribution in [2.75, 3.05) is 26.7 Å². The molecule has 1 atom stereocenters. The molecule has 1 N–H and O–H groups in total. The first-order chi connectivity index (χ1) is 7.00. The van der Waals surface area contributed by atoms with Gasteiger partial charge in [0.25, 0.3) is 0 Å². The van der Waals surface area contributed by atoms with Crippen molar-refractivity contribution in [1.82, 2.24) is 9.62 Å².